The summed E-state index contributed by atoms with van der Waals surface area (Å²) in [6.07, 6.45) is 3.69. The number of carbonyl (C=O) groups is 1. The van der Waals surface area contributed by atoms with Crippen LogP contribution in [-0.2, 0) is 16.1 Å². The largest absolute Gasteiger partial charge is 0.383 e. The zero-order valence-electron chi connectivity index (χ0n) is 11.7. The first-order chi connectivity index (χ1) is 9.69. The topological polar surface area (TPSA) is 80.5 Å². The molecule has 2 N–H and O–H groups in total. The molecular weight excluding hydrogens is 258 g/mol. The van der Waals surface area contributed by atoms with E-state index in [0.29, 0.717) is 19.7 Å². The molecule has 2 aromatic heterocycles. The zero-order valence-corrected chi connectivity index (χ0v) is 11.7. The molecule has 0 aliphatic rings. The maximum atomic E-state index is 11.5. The second-order valence-corrected chi connectivity index (χ2v) is 4.50. The van der Waals surface area contributed by atoms with Gasteiger partial charge in [0, 0.05) is 44.2 Å². The molecule has 0 aromatic carbocycles. The summed E-state index contributed by atoms with van der Waals surface area (Å²) >= 11 is 0. The molecule has 7 nitrogen and oxygen atoms in total. The molecule has 1 amide bonds. The number of aromatic nitrogens is 3. The van der Waals surface area contributed by atoms with Crippen LogP contribution in [-0.4, -0.2) is 47.3 Å². The SMILES string of the molecule is COCCNC(=O)CNCc1cnc2cc(C)nn2c1. The summed E-state index contributed by atoms with van der Waals surface area (Å²) in [7, 11) is 1.60. The molecule has 20 heavy (non-hydrogen) atoms. The number of nitrogens with one attached hydrogen (secondary N) is 2. The van der Waals surface area contributed by atoms with Crippen LogP contribution in [0, 0.1) is 6.92 Å². The van der Waals surface area contributed by atoms with Crippen molar-refractivity contribution in [2.75, 3.05) is 26.8 Å². The van der Waals surface area contributed by atoms with Crippen molar-refractivity contribution in [2.24, 2.45) is 0 Å². The Bertz CT molecular complexity index is 581. The van der Waals surface area contributed by atoms with Crippen LogP contribution in [0.1, 0.15) is 11.3 Å². The van der Waals surface area contributed by atoms with Gasteiger partial charge in [-0.05, 0) is 6.92 Å². The van der Waals surface area contributed by atoms with E-state index in [9.17, 15) is 4.79 Å². The molecular formula is C13H19N5O2. The predicted octanol–water partition coefficient (Wildman–Crippen LogP) is -0.110. The maximum absolute atomic E-state index is 11.5. The van der Waals surface area contributed by atoms with Crippen molar-refractivity contribution < 1.29 is 9.53 Å². The number of hydrogen-bond donors (Lipinski definition) is 2. The lowest BCUT2D eigenvalue weighted by molar-refractivity contribution is -0.120. The highest BCUT2D eigenvalue weighted by atomic mass is 16.5. The van der Waals surface area contributed by atoms with Crippen LogP contribution in [0.2, 0.25) is 0 Å². The molecule has 0 aliphatic heterocycles. The lowest BCUT2D eigenvalue weighted by Gasteiger charge is -2.06. The molecule has 0 spiro atoms. The smallest absolute Gasteiger partial charge is 0.234 e. The minimum atomic E-state index is -0.0500. The summed E-state index contributed by atoms with van der Waals surface area (Å²) in [5.41, 5.74) is 2.73. The minimum Gasteiger partial charge on any atom is -0.383 e. The number of nitrogens with zero attached hydrogens (tertiary/aromatic N) is 3. The highest BCUT2D eigenvalue weighted by Crippen LogP contribution is 2.04. The van der Waals surface area contributed by atoms with E-state index in [1.165, 1.54) is 0 Å². The van der Waals surface area contributed by atoms with Crippen molar-refractivity contribution >= 4 is 11.6 Å². The van der Waals surface area contributed by atoms with Gasteiger partial charge in [-0.2, -0.15) is 5.10 Å². The second-order valence-electron chi connectivity index (χ2n) is 4.50. The quantitative estimate of drug-likeness (QED) is 0.690. The van der Waals surface area contributed by atoms with E-state index < -0.39 is 0 Å². The molecule has 0 fully saturated rings. The van der Waals surface area contributed by atoms with E-state index in [-0.39, 0.29) is 12.5 Å². The second kappa shape index (κ2) is 6.97. The molecule has 0 saturated heterocycles. The predicted molar refractivity (Wildman–Crippen MR) is 74.3 cm³/mol. The fraction of sp³-hybridized carbons (Fsp3) is 0.462. The third-order valence-electron chi connectivity index (χ3n) is 2.73. The number of amides is 1. The first-order valence-corrected chi connectivity index (χ1v) is 6.46. The minimum absolute atomic E-state index is 0.0500. The first kappa shape index (κ1) is 14.4. The number of aryl methyl sites for hydroxylation is 1. The van der Waals surface area contributed by atoms with E-state index in [1.807, 2.05) is 19.2 Å². The molecule has 108 valence electrons. The van der Waals surface area contributed by atoms with Gasteiger partial charge in [0.1, 0.15) is 0 Å². The van der Waals surface area contributed by atoms with Crippen molar-refractivity contribution in [3.8, 4) is 0 Å². The highest BCUT2D eigenvalue weighted by Gasteiger charge is 2.02. The Morgan fingerprint density at radius 2 is 2.35 bits per heavy atom. The molecule has 0 aliphatic carbocycles. The van der Waals surface area contributed by atoms with Crippen molar-refractivity contribution in [2.45, 2.75) is 13.5 Å². The Balaban J connectivity index is 1.79. The van der Waals surface area contributed by atoms with E-state index >= 15 is 0 Å². The summed E-state index contributed by atoms with van der Waals surface area (Å²) in [5, 5.41) is 10.1. The average Bonchev–Trinajstić information content (AvgIpc) is 2.78. The summed E-state index contributed by atoms with van der Waals surface area (Å²) in [4.78, 5) is 15.8. The molecule has 2 heterocycles. The van der Waals surface area contributed by atoms with Crippen LogP contribution >= 0.6 is 0 Å². The van der Waals surface area contributed by atoms with Crippen LogP contribution in [0.5, 0.6) is 0 Å². The normalized spacial score (nSPS) is 10.9. The standard InChI is InChI=1S/C13H19N5O2/c1-10-5-12-16-7-11(9-18(12)17-10)6-14-8-13(19)15-3-4-20-2/h5,7,9,14H,3-4,6,8H2,1-2H3,(H,15,19). The molecule has 0 bridgehead atoms. The lowest BCUT2D eigenvalue weighted by Crippen LogP contribution is -2.35. The Morgan fingerprint density at radius 3 is 3.15 bits per heavy atom. The molecule has 0 unspecified atom stereocenters. The van der Waals surface area contributed by atoms with E-state index in [4.69, 9.17) is 4.74 Å². The van der Waals surface area contributed by atoms with Gasteiger partial charge in [0.15, 0.2) is 5.65 Å². The molecule has 0 saturated carbocycles. The van der Waals surface area contributed by atoms with Gasteiger partial charge in [0.25, 0.3) is 0 Å². The number of rotatable bonds is 7. The van der Waals surface area contributed by atoms with Gasteiger partial charge < -0.3 is 15.4 Å². The van der Waals surface area contributed by atoms with Gasteiger partial charge in [0.2, 0.25) is 5.91 Å². The Kier molecular flexibility index (Phi) is 5.03. The van der Waals surface area contributed by atoms with Crippen LogP contribution in [0.4, 0.5) is 0 Å². The van der Waals surface area contributed by atoms with Crippen LogP contribution in [0.15, 0.2) is 18.5 Å². The van der Waals surface area contributed by atoms with E-state index in [1.54, 1.807) is 17.8 Å². The van der Waals surface area contributed by atoms with E-state index in [0.717, 1.165) is 16.9 Å². The van der Waals surface area contributed by atoms with Gasteiger partial charge in [-0.25, -0.2) is 9.50 Å². The average molecular weight is 277 g/mol. The van der Waals surface area contributed by atoms with E-state index in [2.05, 4.69) is 20.7 Å². The molecule has 2 aromatic rings. The summed E-state index contributed by atoms with van der Waals surface area (Å²) < 4.78 is 6.60. The van der Waals surface area contributed by atoms with Crippen molar-refractivity contribution in [1.82, 2.24) is 25.2 Å². The lowest BCUT2D eigenvalue weighted by atomic mass is 10.3. The van der Waals surface area contributed by atoms with Crippen molar-refractivity contribution in [3.63, 3.8) is 0 Å². The third kappa shape index (κ3) is 4.01. The van der Waals surface area contributed by atoms with Crippen LogP contribution < -0.4 is 10.6 Å². The Labute approximate surface area is 117 Å². The number of ether oxygens (including phenoxy) is 1. The summed E-state index contributed by atoms with van der Waals surface area (Å²) in [6.45, 7) is 3.80. The number of fused-ring (bicyclic) bond motifs is 1. The Morgan fingerprint density at radius 1 is 1.50 bits per heavy atom. The van der Waals surface area contributed by atoms with Gasteiger partial charge in [-0.1, -0.05) is 0 Å². The fourth-order valence-corrected chi connectivity index (χ4v) is 1.80. The van der Waals surface area contributed by atoms with Crippen LogP contribution in [0.3, 0.4) is 0 Å². The Hall–Kier alpha value is -1.99. The zero-order chi connectivity index (χ0) is 14.4. The van der Waals surface area contributed by atoms with Gasteiger partial charge in [0.05, 0.1) is 18.8 Å². The maximum Gasteiger partial charge on any atom is 0.234 e. The summed E-state index contributed by atoms with van der Waals surface area (Å²) in [6, 6.07) is 1.92. The fourth-order valence-electron chi connectivity index (χ4n) is 1.80. The number of carbonyl (C=O) groups excluding carboxylic acids is 1. The molecule has 7 heteroatoms. The number of methoxy groups -OCH3 is 1. The van der Waals surface area contributed by atoms with Crippen molar-refractivity contribution in [1.29, 1.82) is 0 Å². The molecule has 0 atom stereocenters. The van der Waals surface area contributed by atoms with Gasteiger partial charge in [-0.15, -0.1) is 0 Å². The first-order valence-electron chi connectivity index (χ1n) is 6.46. The molecule has 2 rings (SSSR count). The van der Waals surface area contributed by atoms with Crippen molar-refractivity contribution in [3.05, 3.63) is 29.7 Å². The highest BCUT2D eigenvalue weighted by molar-refractivity contribution is 5.77. The van der Waals surface area contributed by atoms with Gasteiger partial charge in [-0.3, -0.25) is 4.79 Å². The van der Waals surface area contributed by atoms with Gasteiger partial charge >= 0.3 is 0 Å². The monoisotopic (exact) mass is 277 g/mol. The number of hydrogen-bond acceptors (Lipinski definition) is 5. The summed E-state index contributed by atoms with van der Waals surface area (Å²) in [5.74, 6) is -0.0500. The molecule has 0 radical (unpaired) electrons. The van der Waals surface area contributed by atoms with Crippen LogP contribution in [0.25, 0.3) is 5.65 Å². The third-order valence-corrected chi connectivity index (χ3v) is 2.73.